The summed E-state index contributed by atoms with van der Waals surface area (Å²) in [6, 6.07) is 16.3. The van der Waals surface area contributed by atoms with E-state index in [4.69, 9.17) is 4.74 Å². The number of nitrogens with one attached hydrogen (secondary N) is 3. The number of hydrogen-bond acceptors (Lipinski definition) is 3. The number of methoxy groups -OCH3 is 1. The van der Waals surface area contributed by atoms with Crippen LogP contribution < -0.4 is 16.0 Å². The average Bonchev–Trinajstić information content (AvgIpc) is 3.04. The van der Waals surface area contributed by atoms with Gasteiger partial charge in [-0.3, -0.25) is 0 Å². The molecule has 0 unspecified atom stereocenters. The standard InChI is InChI=1S/C20H25N3O2/c1-25-13-12-21-18-9-5-3-7-16(18)14-22-20(24)23-19-11-10-15-6-2-4-8-17(15)19/h2-9,19,21H,10-14H2,1H3,(H2,22,23,24)/t19-/m1/s1. The van der Waals surface area contributed by atoms with E-state index in [1.165, 1.54) is 11.1 Å². The first-order valence-corrected chi connectivity index (χ1v) is 8.71. The van der Waals surface area contributed by atoms with Crippen molar-refractivity contribution in [1.82, 2.24) is 10.6 Å². The van der Waals surface area contributed by atoms with E-state index in [-0.39, 0.29) is 12.1 Å². The molecular formula is C20H25N3O2. The molecule has 1 aliphatic rings. The minimum atomic E-state index is -0.131. The van der Waals surface area contributed by atoms with Crippen LogP contribution in [0.3, 0.4) is 0 Å². The van der Waals surface area contributed by atoms with E-state index in [0.717, 1.165) is 30.6 Å². The van der Waals surface area contributed by atoms with Crippen molar-refractivity contribution in [1.29, 1.82) is 0 Å². The number of para-hydroxylation sites is 1. The number of carbonyl (C=O) groups excluding carboxylic acids is 1. The van der Waals surface area contributed by atoms with Gasteiger partial charge in [0.25, 0.3) is 0 Å². The van der Waals surface area contributed by atoms with Crippen molar-refractivity contribution in [3.63, 3.8) is 0 Å². The summed E-state index contributed by atoms with van der Waals surface area (Å²) in [6.07, 6.45) is 1.98. The fraction of sp³-hybridized carbons (Fsp3) is 0.350. The molecule has 0 saturated carbocycles. The van der Waals surface area contributed by atoms with Crippen molar-refractivity contribution < 1.29 is 9.53 Å². The van der Waals surface area contributed by atoms with Gasteiger partial charge in [0.2, 0.25) is 0 Å². The first-order chi connectivity index (χ1) is 12.3. The van der Waals surface area contributed by atoms with Crippen LogP contribution in [0, 0.1) is 0 Å². The Morgan fingerprint density at radius 2 is 1.96 bits per heavy atom. The highest BCUT2D eigenvalue weighted by Gasteiger charge is 2.23. The van der Waals surface area contributed by atoms with Crippen LogP contribution in [-0.4, -0.2) is 26.3 Å². The third kappa shape index (κ3) is 4.51. The maximum Gasteiger partial charge on any atom is 0.315 e. The second kappa shape index (κ2) is 8.53. The lowest BCUT2D eigenvalue weighted by Crippen LogP contribution is -2.37. The van der Waals surface area contributed by atoms with Crippen molar-refractivity contribution in [2.24, 2.45) is 0 Å². The fourth-order valence-corrected chi connectivity index (χ4v) is 3.23. The van der Waals surface area contributed by atoms with Crippen molar-refractivity contribution in [2.75, 3.05) is 25.6 Å². The van der Waals surface area contributed by atoms with Crippen LogP contribution in [0.1, 0.15) is 29.2 Å². The molecule has 3 N–H and O–H groups in total. The highest BCUT2D eigenvalue weighted by atomic mass is 16.5. The normalized spacial score (nSPS) is 15.5. The Kier molecular flexibility index (Phi) is 5.90. The smallest absolute Gasteiger partial charge is 0.315 e. The summed E-state index contributed by atoms with van der Waals surface area (Å²) >= 11 is 0. The van der Waals surface area contributed by atoms with Gasteiger partial charge in [-0.15, -0.1) is 0 Å². The Bertz CT molecular complexity index is 718. The zero-order valence-corrected chi connectivity index (χ0v) is 14.5. The van der Waals surface area contributed by atoms with Gasteiger partial charge in [0.05, 0.1) is 12.6 Å². The molecule has 2 aromatic rings. The van der Waals surface area contributed by atoms with Gasteiger partial charge in [0.1, 0.15) is 0 Å². The van der Waals surface area contributed by atoms with Crippen LogP contribution in [0.2, 0.25) is 0 Å². The molecule has 0 heterocycles. The Morgan fingerprint density at radius 3 is 2.84 bits per heavy atom. The zero-order chi connectivity index (χ0) is 17.5. The fourth-order valence-electron chi connectivity index (χ4n) is 3.23. The van der Waals surface area contributed by atoms with E-state index in [2.05, 4.69) is 34.1 Å². The number of rotatable bonds is 7. The van der Waals surface area contributed by atoms with E-state index in [0.29, 0.717) is 13.2 Å². The minimum Gasteiger partial charge on any atom is -0.383 e. The monoisotopic (exact) mass is 339 g/mol. The Hall–Kier alpha value is -2.53. The van der Waals surface area contributed by atoms with Gasteiger partial charge >= 0.3 is 6.03 Å². The lowest BCUT2D eigenvalue weighted by atomic mass is 10.1. The zero-order valence-electron chi connectivity index (χ0n) is 14.5. The predicted octanol–water partition coefficient (Wildman–Crippen LogP) is 3.23. The van der Waals surface area contributed by atoms with Gasteiger partial charge in [0, 0.05) is 25.9 Å². The first-order valence-electron chi connectivity index (χ1n) is 8.71. The third-order valence-electron chi connectivity index (χ3n) is 4.52. The number of amides is 2. The van der Waals surface area contributed by atoms with Gasteiger partial charge in [-0.2, -0.15) is 0 Å². The summed E-state index contributed by atoms with van der Waals surface area (Å²) in [7, 11) is 1.68. The highest BCUT2D eigenvalue weighted by Crippen LogP contribution is 2.30. The first kappa shape index (κ1) is 17.3. The Balaban J connectivity index is 1.53. The molecule has 2 amide bonds. The van der Waals surface area contributed by atoms with Crippen molar-refractivity contribution in [3.8, 4) is 0 Å². The van der Waals surface area contributed by atoms with Crippen molar-refractivity contribution >= 4 is 11.7 Å². The van der Waals surface area contributed by atoms with Crippen molar-refractivity contribution in [2.45, 2.75) is 25.4 Å². The molecular weight excluding hydrogens is 314 g/mol. The Labute approximate surface area is 148 Å². The summed E-state index contributed by atoms with van der Waals surface area (Å²) in [5.41, 5.74) is 4.64. The Morgan fingerprint density at radius 1 is 1.16 bits per heavy atom. The van der Waals surface area contributed by atoms with Gasteiger partial charge in [0.15, 0.2) is 0 Å². The molecule has 0 fully saturated rings. The van der Waals surface area contributed by atoms with E-state index in [1.807, 2.05) is 30.3 Å². The van der Waals surface area contributed by atoms with Crippen LogP contribution in [0.5, 0.6) is 0 Å². The number of carbonyl (C=O) groups is 1. The molecule has 1 aliphatic carbocycles. The van der Waals surface area contributed by atoms with Gasteiger partial charge in [-0.05, 0) is 35.6 Å². The number of urea groups is 1. The maximum absolute atomic E-state index is 12.3. The summed E-state index contributed by atoms with van der Waals surface area (Å²) in [5.74, 6) is 0. The SMILES string of the molecule is COCCNc1ccccc1CNC(=O)N[C@@H]1CCc2ccccc21. The predicted molar refractivity (Wildman–Crippen MR) is 99.7 cm³/mol. The average molecular weight is 339 g/mol. The molecule has 3 rings (SSSR count). The molecule has 132 valence electrons. The molecule has 0 aliphatic heterocycles. The summed E-state index contributed by atoms with van der Waals surface area (Å²) in [6.45, 7) is 1.86. The van der Waals surface area contributed by atoms with E-state index in [9.17, 15) is 4.79 Å². The van der Waals surface area contributed by atoms with Crippen LogP contribution in [-0.2, 0) is 17.7 Å². The van der Waals surface area contributed by atoms with Crippen LogP contribution in [0.25, 0.3) is 0 Å². The number of benzene rings is 2. The minimum absolute atomic E-state index is 0.103. The maximum atomic E-state index is 12.3. The van der Waals surface area contributed by atoms with E-state index >= 15 is 0 Å². The summed E-state index contributed by atoms with van der Waals surface area (Å²) in [5, 5.41) is 9.38. The molecule has 2 aromatic carbocycles. The van der Waals surface area contributed by atoms with E-state index < -0.39 is 0 Å². The van der Waals surface area contributed by atoms with Gasteiger partial charge in [-0.25, -0.2) is 4.79 Å². The number of ether oxygens (including phenoxy) is 1. The van der Waals surface area contributed by atoms with Crippen molar-refractivity contribution in [3.05, 3.63) is 65.2 Å². The number of aryl methyl sites for hydroxylation is 1. The number of fused-ring (bicyclic) bond motifs is 1. The summed E-state index contributed by atoms with van der Waals surface area (Å²) < 4.78 is 5.06. The summed E-state index contributed by atoms with van der Waals surface area (Å²) in [4.78, 5) is 12.3. The second-order valence-electron chi connectivity index (χ2n) is 6.19. The highest BCUT2D eigenvalue weighted by molar-refractivity contribution is 5.75. The molecule has 0 bridgehead atoms. The number of hydrogen-bond donors (Lipinski definition) is 3. The molecule has 5 nitrogen and oxygen atoms in total. The lowest BCUT2D eigenvalue weighted by molar-refractivity contribution is 0.210. The topological polar surface area (TPSA) is 62.4 Å². The molecule has 0 aromatic heterocycles. The molecule has 1 atom stereocenters. The van der Waals surface area contributed by atoms with Crippen LogP contribution in [0.15, 0.2) is 48.5 Å². The second-order valence-corrected chi connectivity index (χ2v) is 6.19. The van der Waals surface area contributed by atoms with Crippen LogP contribution >= 0.6 is 0 Å². The number of anilines is 1. The molecule has 0 radical (unpaired) electrons. The lowest BCUT2D eigenvalue weighted by Gasteiger charge is -2.16. The third-order valence-corrected chi connectivity index (χ3v) is 4.52. The van der Waals surface area contributed by atoms with Crippen LogP contribution in [0.4, 0.5) is 10.5 Å². The molecule has 5 heteroatoms. The molecule has 0 spiro atoms. The molecule has 25 heavy (non-hydrogen) atoms. The van der Waals surface area contributed by atoms with Gasteiger partial charge < -0.3 is 20.7 Å². The van der Waals surface area contributed by atoms with Gasteiger partial charge in [-0.1, -0.05) is 42.5 Å². The largest absolute Gasteiger partial charge is 0.383 e. The van der Waals surface area contributed by atoms with E-state index in [1.54, 1.807) is 7.11 Å². The molecule has 0 saturated heterocycles. The quantitative estimate of drug-likeness (QED) is 0.679.